The fourth-order valence-corrected chi connectivity index (χ4v) is 4.14. The van der Waals surface area contributed by atoms with Crippen LogP contribution in [0.15, 0.2) is 88.2 Å². The number of carbonyl (C=O) groups excluding carboxylic acids is 1. The predicted molar refractivity (Wildman–Crippen MR) is 117 cm³/mol. The highest BCUT2D eigenvalue weighted by Gasteiger charge is 2.17. The molecule has 0 spiro atoms. The minimum Gasteiger partial charge on any atom is -0.352 e. The van der Waals surface area contributed by atoms with Crippen molar-refractivity contribution in [1.82, 2.24) is 5.32 Å². The Hall–Kier alpha value is -2.48. The van der Waals surface area contributed by atoms with Gasteiger partial charge < -0.3 is 5.32 Å². The largest absolute Gasteiger partial charge is 0.352 e. The third-order valence-corrected chi connectivity index (χ3v) is 6.24. The van der Waals surface area contributed by atoms with Crippen LogP contribution in [0.2, 0.25) is 0 Å². The van der Waals surface area contributed by atoms with E-state index in [9.17, 15) is 13.2 Å². The summed E-state index contributed by atoms with van der Waals surface area (Å²) < 4.78 is 23.6. The molecule has 3 N–H and O–H groups in total. The monoisotopic (exact) mass is 472 g/mol. The smallest absolute Gasteiger partial charge is 0.252 e. The van der Waals surface area contributed by atoms with Gasteiger partial charge >= 0.3 is 0 Å². The lowest BCUT2D eigenvalue weighted by Crippen LogP contribution is -2.26. The van der Waals surface area contributed by atoms with E-state index in [0.717, 1.165) is 0 Å². The molecule has 0 radical (unpaired) electrons. The van der Waals surface area contributed by atoms with Gasteiger partial charge in [-0.05, 0) is 51.7 Å². The van der Waals surface area contributed by atoms with E-state index in [1.807, 2.05) is 36.4 Å². The summed E-state index contributed by atoms with van der Waals surface area (Å²) in [5.41, 5.74) is 2.57. The van der Waals surface area contributed by atoms with Crippen molar-refractivity contribution in [2.45, 2.75) is 17.2 Å². The standard InChI is InChI=1S/C22H21BrN2O3S/c23-21-12-11-18(29(24,27)28)15-20(21)22(26)25-14-13-19(16-7-3-1-4-8-16)17-9-5-2-6-10-17/h1-12,15,19H,13-14H2,(H,25,26)(H2,24,27,28). The summed E-state index contributed by atoms with van der Waals surface area (Å²) in [6.07, 6.45) is 0.701. The zero-order valence-corrected chi connectivity index (χ0v) is 18.0. The van der Waals surface area contributed by atoms with E-state index in [-0.39, 0.29) is 22.3 Å². The van der Waals surface area contributed by atoms with Crippen LogP contribution in [0.1, 0.15) is 33.8 Å². The highest BCUT2D eigenvalue weighted by Crippen LogP contribution is 2.27. The Morgan fingerprint density at radius 1 is 0.931 bits per heavy atom. The van der Waals surface area contributed by atoms with E-state index in [1.54, 1.807) is 0 Å². The van der Waals surface area contributed by atoms with Crippen molar-refractivity contribution in [1.29, 1.82) is 0 Å². The summed E-state index contributed by atoms with van der Waals surface area (Å²) in [6.45, 7) is 0.430. The molecule has 0 aromatic heterocycles. The Morgan fingerprint density at radius 3 is 2.00 bits per heavy atom. The molecule has 0 aliphatic heterocycles. The maximum Gasteiger partial charge on any atom is 0.252 e. The normalized spacial score (nSPS) is 11.4. The van der Waals surface area contributed by atoms with Crippen LogP contribution in [0, 0.1) is 0 Å². The number of halogens is 1. The van der Waals surface area contributed by atoms with Crippen LogP contribution in [-0.2, 0) is 10.0 Å². The van der Waals surface area contributed by atoms with E-state index in [4.69, 9.17) is 5.14 Å². The van der Waals surface area contributed by atoms with Crippen LogP contribution in [0.25, 0.3) is 0 Å². The van der Waals surface area contributed by atoms with Crippen LogP contribution < -0.4 is 10.5 Å². The first kappa shape index (κ1) is 21.2. The maximum atomic E-state index is 12.6. The first-order valence-electron chi connectivity index (χ1n) is 9.06. The molecular weight excluding hydrogens is 452 g/mol. The van der Waals surface area contributed by atoms with E-state index < -0.39 is 10.0 Å². The summed E-state index contributed by atoms with van der Waals surface area (Å²) in [5, 5.41) is 8.05. The second kappa shape index (κ2) is 9.35. The van der Waals surface area contributed by atoms with E-state index >= 15 is 0 Å². The third kappa shape index (κ3) is 5.53. The molecule has 0 aliphatic rings. The molecule has 0 unspecified atom stereocenters. The molecule has 0 saturated heterocycles. The van der Waals surface area contributed by atoms with Gasteiger partial charge in [0.25, 0.3) is 5.91 Å². The van der Waals surface area contributed by atoms with Crippen LogP contribution in [0.5, 0.6) is 0 Å². The van der Waals surface area contributed by atoms with Gasteiger partial charge in [0.05, 0.1) is 10.5 Å². The second-order valence-electron chi connectivity index (χ2n) is 6.61. The van der Waals surface area contributed by atoms with Gasteiger partial charge in [0.15, 0.2) is 0 Å². The number of carbonyl (C=O) groups is 1. The molecule has 150 valence electrons. The molecular formula is C22H21BrN2O3S. The topological polar surface area (TPSA) is 89.3 Å². The van der Waals surface area contributed by atoms with Crippen molar-refractivity contribution >= 4 is 31.9 Å². The fourth-order valence-electron chi connectivity index (χ4n) is 3.18. The molecule has 7 heteroatoms. The van der Waals surface area contributed by atoms with E-state index in [2.05, 4.69) is 45.5 Å². The van der Waals surface area contributed by atoms with Crippen molar-refractivity contribution in [3.8, 4) is 0 Å². The minimum atomic E-state index is -3.88. The molecule has 0 bridgehead atoms. The number of primary sulfonamides is 1. The highest BCUT2D eigenvalue weighted by molar-refractivity contribution is 9.10. The van der Waals surface area contributed by atoms with Gasteiger partial charge in [0.2, 0.25) is 10.0 Å². The maximum absolute atomic E-state index is 12.6. The molecule has 0 atom stereocenters. The van der Waals surface area contributed by atoms with E-state index in [1.165, 1.54) is 29.3 Å². The van der Waals surface area contributed by atoms with Crippen LogP contribution in [0.3, 0.4) is 0 Å². The molecule has 3 rings (SSSR count). The molecule has 0 aliphatic carbocycles. The van der Waals surface area contributed by atoms with Gasteiger partial charge in [0, 0.05) is 16.9 Å². The van der Waals surface area contributed by atoms with Gasteiger partial charge in [-0.3, -0.25) is 4.79 Å². The zero-order valence-electron chi connectivity index (χ0n) is 15.6. The molecule has 0 heterocycles. The van der Waals surface area contributed by atoms with Gasteiger partial charge in [-0.25, -0.2) is 13.6 Å². The SMILES string of the molecule is NS(=O)(=O)c1ccc(Br)c(C(=O)NCCC(c2ccccc2)c2ccccc2)c1. The number of nitrogens with one attached hydrogen (secondary N) is 1. The second-order valence-corrected chi connectivity index (χ2v) is 9.02. The van der Waals surface area contributed by atoms with Crippen LogP contribution in [0.4, 0.5) is 0 Å². The highest BCUT2D eigenvalue weighted by atomic mass is 79.9. The van der Waals surface area contributed by atoms with Crippen molar-refractivity contribution in [2.24, 2.45) is 5.14 Å². The number of amides is 1. The molecule has 0 saturated carbocycles. The summed E-state index contributed by atoms with van der Waals surface area (Å²) >= 11 is 3.30. The quantitative estimate of drug-likeness (QED) is 0.543. The van der Waals surface area contributed by atoms with Gasteiger partial charge in [0.1, 0.15) is 0 Å². The molecule has 5 nitrogen and oxygen atoms in total. The number of benzene rings is 3. The number of nitrogens with two attached hydrogens (primary N) is 1. The number of hydrogen-bond donors (Lipinski definition) is 2. The average molecular weight is 473 g/mol. The van der Waals surface area contributed by atoms with Crippen LogP contribution >= 0.6 is 15.9 Å². The molecule has 1 amide bonds. The van der Waals surface area contributed by atoms with Crippen LogP contribution in [-0.4, -0.2) is 20.9 Å². The van der Waals surface area contributed by atoms with Gasteiger partial charge in [-0.15, -0.1) is 0 Å². The van der Waals surface area contributed by atoms with Crippen molar-refractivity contribution in [3.05, 3.63) is 100 Å². The lowest BCUT2D eigenvalue weighted by Gasteiger charge is -2.18. The first-order chi connectivity index (χ1) is 13.9. The average Bonchev–Trinajstić information content (AvgIpc) is 2.72. The zero-order chi connectivity index (χ0) is 20.9. The number of hydrogen-bond acceptors (Lipinski definition) is 3. The lowest BCUT2D eigenvalue weighted by molar-refractivity contribution is 0.0952. The summed E-state index contributed by atoms with van der Waals surface area (Å²) in [6, 6.07) is 24.4. The van der Waals surface area contributed by atoms with Gasteiger partial charge in [-0.2, -0.15) is 0 Å². The molecule has 3 aromatic rings. The number of rotatable bonds is 7. The lowest BCUT2D eigenvalue weighted by atomic mass is 9.88. The van der Waals surface area contributed by atoms with Crippen molar-refractivity contribution in [2.75, 3.05) is 6.54 Å². The predicted octanol–water partition coefficient (Wildman–Crippen LogP) is 4.05. The van der Waals surface area contributed by atoms with Crippen molar-refractivity contribution in [3.63, 3.8) is 0 Å². The summed E-state index contributed by atoms with van der Waals surface area (Å²) in [5.74, 6) is -0.223. The van der Waals surface area contributed by atoms with Gasteiger partial charge in [-0.1, -0.05) is 60.7 Å². The Labute approximate surface area is 179 Å². The summed E-state index contributed by atoms with van der Waals surface area (Å²) in [4.78, 5) is 12.5. The molecule has 3 aromatic carbocycles. The summed E-state index contributed by atoms with van der Waals surface area (Å²) in [7, 11) is -3.88. The van der Waals surface area contributed by atoms with Crippen molar-refractivity contribution < 1.29 is 13.2 Å². The Balaban J connectivity index is 1.74. The van der Waals surface area contributed by atoms with E-state index in [0.29, 0.717) is 17.4 Å². The molecule has 29 heavy (non-hydrogen) atoms. The third-order valence-electron chi connectivity index (χ3n) is 4.63. The minimum absolute atomic E-state index is 0.0997. The Bertz CT molecular complexity index is 1050. The number of sulfonamides is 1. The first-order valence-corrected chi connectivity index (χ1v) is 11.4. The Morgan fingerprint density at radius 2 is 1.48 bits per heavy atom. The fraction of sp³-hybridized carbons (Fsp3) is 0.136. The molecule has 0 fully saturated rings. The Kier molecular flexibility index (Phi) is 6.84.